The molecule has 0 radical (unpaired) electrons. The molecule has 0 atom stereocenters. The van der Waals surface area contributed by atoms with Gasteiger partial charge >= 0.3 is 5.69 Å². The van der Waals surface area contributed by atoms with E-state index in [4.69, 9.17) is 0 Å². The maximum Gasteiger partial charge on any atom is 0.312 e. The van der Waals surface area contributed by atoms with Gasteiger partial charge in [-0.1, -0.05) is 22.0 Å². The maximum atomic E-state index is 12.8. The number of aryl methyl sites for hydroxylation is 1. The molecule has 1 fully saturated rings. The molecule has 1 saturated heterocycles. The lowest BCUT2D eigenvalue weighted by molar-refractivity contribution is -0.926. The number of rotatable bonds is 5. The second-order valence-corrected chi connectivity index (χ2v) is 9.40. The van der Waals surface area contributed by atoms with Gasteiger partial charge in [-0.05, 0) is 32.0 Å². The number of nitrogens with zero attached hydrogens (tertiary/aromatic N) is 4. The van der Waals surface area contributed by atoms with Crippen LogP contribution in [0, 0.1) is 24.0 Å². The molecule has 0 amide bonds. The molecular formula is C16H21BrN5O4S+. The van der Waals surface area contributed by atoms with E-state index in [0.29, 0.717) is 44.2 Å². The zero-order chi connectivity index (χ0) is 19.8. The van der Waals surface area contributed by atoms with Gasteiger partial charge in [-0.15, -0.1) is 0 Å². The molecule has 27 heavy (non-hydrogen) atoms. The normalized spacial score (nSPS) is 16.6. The van der Waals surface area contributed by atoms with Crippen LogP contribution in [-0.2, 0) is 16.7 Å². The van der Waals surface area contributed by atoms with Crippen LogP contribution in [0.15, 0.2) is 33.6 Å². The third-order valence-electron chi connectivity index (χ3n) is 4.76. The molecule has 1 aromatic heterocycles. The van der Waals surface area contributed by atoms with Crippen LogP contribution in [0.1, 0.15) is 11.4 Å². The smallest absolute Gasteiger partial charge is 0.312 e. The van der Waals surface area contributed by atoms with Gasteiger partial charge in [0.1, 0.15) is 11.4 Å². The molecule has 1 aromatic carbocycles. The van der Waals surface area contributed by atoms with E-state index in [2.05, 4.69) is 21.0 Å². The minimum Gasteiger partial charge on any atom is -0.314 e. The van der Waals surface area contributed by atoms with E-state index < -0.39 is 14.9 Å². The number of nitro groups is 1. The van der Waals surface area contributed by atoms with Crippen LogP contribution >= 0.6 is 15.9 Å². The molecule has 0 unspecified atom stereocenters. The van der Waals surface area contributed by atoms with Crippen molar-refractivity contribution in [3.63, 3.8) is 0 Å². The first-order chi connectivity index (χ1) is 12.7. The minimum absolute atomic E-state index is 0.0465. The van der Waals surface area contributed by atoms with Gasteiger partial charge < -0.3 is 4.90 Å². The average Bonchev–Trinajstić information content (AvgIpc) is 2.89. The molecular weight excluding hydrogens is 438 g/mol. The maximum absolute atomic E-state index is 12.8. The van der Waals surface area contributed by atoms with Crippen LogP contribution in [0.5, 0.6) is 0 Å². The minimum atomic E-state index is -3.52. The van der Waals surface area contributed by atoms with Crippen molar-refractivity contribution < 1.29 is 18.2 Å². The number of halogens is 1. The molecule has 1 N–H and O–H groups in total. The highest BCUT2D eigenvalue weighted by Gasteiger charge is 2.31. The van der Waals surface area contributed by atoms with E-state index in [9.17, 15) is 18.5 Å². The van der Waals surface area contributed by atoms with Crippen LogP contribution in [0.2, 0.25) is 0 Å². The summed E-state index contributed by atoms with van der Waals surface area (Å²) in [5.41, 5.74) is 0.965. The van der Waals surface area contributed by atoms with Gasteiger partial charge in [0, 0.05) is 4.47 Å². The molecule has 2 aromatic rings. The van der Waals surface area contributed by atoms with Crippen molar-refractivity contribution in [2.45, 2.75) is 25.4 Å². The monoisotopic (exact) mass is 458 g/mol. The Labute approximate surface area is 165 Å². The topological polar surface area (TPSA) is 103 Å². The summed E-state index contributed by atoms with van der Waals surface area (Å²) in [5.74, 6) is 0. The lowest BCUT2D eigenvalue weighted by Gasteiger charge is -2.31. The largest absolute Gasteiger partial charge is 0.314 e. The zero-order valence-electron chi connectivity index (χ0n) is 15.1. The molecule has 9 nitrogen and oxygen atoms in total. The molecule has 11 heteroatoms. The summed E-state index contributed by atoms with van der Waals surface area (Å²) >= 11 is 3.31. The van der Waals surface area contributed by atoms with E-state index in [1.807, 2.05) is 0 Å². The standard InChI is InChI=1S/C16H20BrN5O4S/c1-12-16(22(23)24)13(2)21(18-12)11-19-6-8-20(9-7-19)27(25,26)15-5-3-4-14(17)10-15/h3-5,10H,6-9,11H2,1-2H3/p+1. The van der Waals surface area contributed by atoms with E-state index >= 15 is 0 Å². The molecule has 1 aliphatic heterocycles. The second-order valence-electron chi connectivity index (χ2n) is 6.55. The summed E-state index contributed by atoms with van der Waals surface area (Å²) in [6, 6.07) is 6.68. The number of aromatic nitrogens is 2. The van der Waals surface area contributed by atoms with Crippen molar-refractivity contribution in [1.82, 2.24) is 14.1 Å². The van der Waals surface area contributed by atoms with E-state index in [1.165, 1.54) is 4.31 Å². The molecule has 0 saturated carbocycles. The Kier molecular flexibility index (Phi) is 5.65. The summed E-state index contributed by atoms with van der Waals surface area (Å²) in [7, 11) is -3.52. The van der Waals surface area contributed by atoms with E-state index in [-0.39, 0.29) is 10.6 Å². The summed E-state index contributed by atoms with van der Waals surface area (Å²) in [6.07, 6.45) is 0. The first-order valence-electron chi connectivity index (χ1n) is 8.48. The Morgan fingerprint density at radius 3 is 2.52 bits per heavy atom. The van der Waals surface area contributed by atoms with Crippen LogP contribution in [0.25, 0.3) is 0 Å². The second kappa shape index (κ2) is 7.66. The van der Waals surface area contributed by atoms with Gasteiger partial charge in [-0.3, -0.25) is 10.1 Å². The SMILES string of the molecule is Cc1nn(C[NH+]2CCN(S(=O)(=O)c3cccc(Br)c3)CC2)c(C)c1[N+](=O)[O-]. The number of piperazine rings is 1. The zero-order valence-corrected chi connectivity index (χ0v) is 17.5. The van der Waals surface area contributed by atoms with Gasteiger partial charge in [0.15, 0.2) is 6.67 Å². The summed E-state index contributed by atoms with van der Waals surface area (Å²) < 4.78 is 29.4. The van der Waals surface area contributed by atoms with Crippen LogP contribution in [0.3, 0.4) is 0 Å². The third-order valence-corrected chi connectivity index (χ3v) is 7.15. The average molecular weight is 459 g/mol. The number of quaternary nitrogens is 1. The first kappa shape index (κ1) is 19.9. The molecule has 0 bridgehead atoms. The van der Waals surface area contributed by atoms with Crippen molar-refractivity contribution in [3.05, 3.63) is 50.2 Å². The van der Waals surface area contributed by atoms with Crippen molar-refractivity contribution in [1.29, 1.82) is 0 Å². The van der Waals surface area contributed by atoms with Gasteiger partial charge in [-0.25, -0.2) is 13.1 Å². The van der Waals surface area contributed by atoms with Crippen LogP contribution in [-0.4, -0.2) is 53.6 Å². The third kappa shape index (κ3) is 4.05. The molecule has 0 aliphatic carbocycles. The van der Waals surface area contributed by atoms with Crippen molar-refractivity contribution in [2.75, 3.05) is 26.2 Å². The molecule has 2 heterocycles. The number of sulfonamides is 1. The van der Waals surface area contributed by atoms with Crippen LogP contribution < -0.4 is 4.90 Å². The van der Waals surface area contributed by atoms with Gasteiger partial charge in [0.05, 0.1) is 36.0 Å². The Morgan fingerprint density at radius 2 is 1.96 bits per heavy atom. The lowest BCUT2D eigenvalue weighted by atomic mass is 10.3. The quantitative estimate of drug-likeness (QED) is 0.525. The Hall–Kier alpha value is -1.82. The highest BCUT2D eigenvalue weighted by Crippen LogP contribution is 2.21. The molecule has 1 aliphatic rings. The van der Waals surface area contributed by atoms with E-state index in [0.717, 1.165) is 9.37 Å². The Morgan fingerprint density at radius 1 is 1.30 bits per heavy atom. The fourth-order valence-electron chi connectivity index (χ4n) is 3.29. The van der Waals surface area contributed by atoms with Crippen molar-refractivity contribution >= 4 is 31.6 Å². The summed E-state index contributed by atoms with van der Waals surface area (Å²) in [4.78, 5) is 12.1. The first-order valence-corrected chi connectivity index (χ1v) is 10.7. The van der Waals surface area contributed by atoms with Gasteiger partial charge in [0.25, 0.3) is 0 Å². The number of hydrogen-bond acceptors (Lipinski definition) is 5. The number of nitrogens with one attached hydrogen (secondary N) is 1. The summed E-state index contributed by atoms with van der Waals surface area (Å²) in [5, 5.41) is 15.4. The fraction of sp³-hybridized carbons (Fsp3) is 0.438. The lowest BCUT2D eigenvalue weighted by Crippen LogP contribution is -3.14. The van der Waals surface area contributed by atoms with Gasteiger partial charge in [0.2, 0.25) is 10.0 Å². The Bertz CT molecular complexity index is 967. The number of benzene rings is 1. The van der Waals surface area contributed by atoms with Crippen LogP contribution in [0.4, 0.5) is 5.69 Å². The number of hydrogen-bond donors (Lipinski definition) is 1. The Balaban J connectivity index is 1.68. The predicted molar refractivity (Wildman–Crippen MR) is 102 cm³/mol. The molecule has 3 rings (SSSR count). The predicted octanol–water partition coefficient (Wildman–Crippen LogP) is 0.718. The molecule has 0 spiro atoms. The summed E-state index contributed by atoms with van der Waals surface area (Å²) in [6.45, 7) is 5.80. The van der Waals surface area contributed by atoms with E-state index in [1.54, 1.807) is 42.8 Å². The molecule has 146 valence electrons. The van der Waals surface area contributed by atoms with Gasteiger partial charge in [-0.2, -0.15) is 9.40 Å². The highest BCUT2D eigenvalue weighted by atomic mass is 79.9. The van der Waals surface area contributed by atoms with Crippen molar-refractivity contribution in [3.8, 4) is 0 Å². The fourth-order valence-corrected chi connectivity index (χ4v) is 5.33. The van der Waals surface area contributed by atoms with Crippen molar-refractivity contribution in [2.24, 2.45) is 0 Å². The highest BCUT2D eigenvalue weighted by molar-refractivity contribution is 9.10.